The Morgan fingerprint density at radius 3 is 1.58 bits per heavy atom. The van der Waals surface area contributed by atoms with Crippen LogP contribution in [0.5, 0.6) is 0 Å². The second-order valence-corrected chi connectivity index (χ2v) is 13.6. The van der Waals surface area contributed by atoms with Crippen LogP contribution >= 0.6 is 0 Å². The van der Waals surface area contributed by atoms with Gasteiger partial charge in [-0.3, -0.25) is 0 Å². The Bertz CT molecular complexity index is 2790. The van der Waals surface area contributed by atoms with Gasteiger partial charge in [0.1, 0.15) is 16.8 Å². The molecule has 3 heteroatoms. The van der Waals surface area contributed by atoms with Gasteiger partial charge in [0.15, 0.2) is 5.82 Å². The third-order valence-corrected chi connectivity index (χ3v) is 10.9. The number of furan rings is 1. The van der Waals surface area contributed by atoms with E-state index in [1.54, 1.807) is 0 Å². The molecule has 2 aromatic heterocycles. The van der Waals surface area contributed by atoms with Crippen LogP contribution in [-0.2, 0) is 5.41 Å². The molecular weight excluding hydrogens is 633 g/mol. The molecule has 0 N–H and O–H groups in total. The number of rotatable bonds is 4. The first-order valence-electron chi connectivity index (χ1n) is 17.7. The lowest BCUT2D eigenvalue weighted by molar-refractivity contribution is 0.507. The normalized spacial score (nSPS) is 13.2. The van der Waals surface area contributed by atoms with Crippen molar-refractivity contribution in [1.82, 2.24) is 9.97 Å². The molecule has 0 fully saturated rings. The minimum Gasteiger partial charge on any atom is -0.459 e. The van der Waals surface area contributed by atoms with Gasteiger partial charge in [0.05, 0.1) is 11.4 Å². The second kappa shape index (κ2) is 11.1. The number of benzene rings is 7. The van der Waals surface area contributed by atoms with E-state index >= 15 is 0 Å². The largest absolute Gasteiger partial charge is 0.459 e. The molecule has 0 saturated carbocycles. The average Bonchev–Trinajstić information content (AvgIpc) is 3.85. The third-order valence-electron chi connectivity index (χ3n) is 10.9. The molecule has 0 saturated heterocycles. The standard InChI is InChI=1S/C49H30N2O/c1-3-14-31(15-4-1)32-26-28-34(29-27-32)43-30-42(33-16-5-2-6-17-33)50-48(51-43)38-21-13-24-41-45(38)46-37-20-9-12-25-44(37)52-47(46)49(41)39-22-10-7-18-35(39)36-19-8-11-23-40(36)49/h1-30H. The van der Waals surface area contributed by atoms with Gasteiger partial charge in [-0.25, -0.2) is 9.97 Å². The first-order chi connectivity index (χ1) is 25.8. The van der Waals surface area contributed by atoms with E-state index in [-0.39, 0.29) is 0 Å². The van der Waals surface area contributed by atoms with E-state index in [2.05, 4.69) is 170 Å². The SMILES string of the molecule is c1ccc(-c2ccc(-c3cc(-c4ccccc4)nc(-c4cccc5c4-c4c(oc6ccccc46)C54c5ccccc5-c5ccccc54)n3)cc2)cc1. The first-order valence-corrected chi connectivity index (χ1v) is 17.7. The number of hydrogen-bond donors (Lipinski definition) is 0. The van der Waals surface area contributed by atoms with E-state index in [0.29, 0.717) is 5.82 Å². The van der Waals surface area contributed by atoms with Crippen molar-refractivity contribution in [2.24, 2.45) is 0 Å². The average molecular weight is 663 g/mol. The van der Waals surface area contributed by atoms with Gasteiger partial charge in [-0.2, -0.15) is 0 Å². The summed E-state index contributed by atoms with van der Waals surface area (Å²) in [5, 5.41) is 1.10. The Labute approximate surface area is 301 Å². The van der Waals surface area contributed by atoms with Crippen molar-refractivity contribution < 1.29 is 4.42 Å². The maximum Gasteiger partial charge on any atom is 0.161 e. The summed E-state index contributed by atoms with van der Waals surface area (Å²) in [6.07, 6.45) is 0. The predicted molar refractivity (Wildman–Crippen MR) is 210 cm³/mol. The summed E-state index contributed by atoms with van der Waals surface area (Å²) in [5.74, 6) is 1.65. The zero-order chi connectivity index (χ0) is 34.2. The second-order valence-electron chi connectivity index (χ2n) is 13.6. The molecule has 0 bridgehead atoms. The molecule has 0 amide bonds. The maximum absolute atomic E-state index is 7.03. The monoisotopic (exact) mass is 662 g/mol. The van der Waals surface area contributed by atoms with Crippen LogP contribution < -0.4 is 0 Å². The van der Waals surface area contributed by atoms with Gasteiger partial charge in [-0.05, 0) is 51.1 Å². The minimum absolute atomic E-state index is 0.611. The van der Waals surface area contributed by atoms with Gasteiger partial charge in [0.2, 0.25) is 0 Å². The van der Waals surface area contributed by atoms with Crippen LogP contribution in [0.1, 0.15) is 22.5 Å². The van der Waals surface area contributed by atoms with Crippen molar-refractivity contribution in [3.63, 3.8) is 0 Å². The van der Waals surface area contributed by atoms with Gasteiger partial charge < -0.3 is 4.42 Å². The van der Waals surface area contributed by atoms with Crippen LogP contribution in [0.15, 0.2) is 186 Å². The Morgan fingerprint density at radius 2 is 0.885 bits per heavy atom. The molecule has 0 aliphatic heterocycles. The molecule has 2 aliphatic carbocycles. The Hall–Kier alpha value is -6.84. The summed E-state index contributed by atoms with van der Waals surface area (Å²) in [4.78, 5) is 10.7. The van der Waals surface area contributed by atoms with Gasteiger partial charge in [0, 0.05) is 33.2 Å². The third kappa shape index (κ3) is 4.02. The Kier molecular flexibility index (Phi) is 6.17. The number of hydrogen-bond acceptors (Lipinski definition) is 3. The fourth-order valence-corrected chi connectivity index (χ4v) is 8.71. The summed E-state index contributed by atoms with van der Waals surface area (Å²) in [6.45, 7) is 0. The quantitative estimate of drug-likeness (QED) is 0.188. The van der Waals surface area contributed by atoms with Gasteiger partial charge in [-0.1, -0.05) is 170 Å². The van der Waals surface area contributed by atoms with Crippen LogP contribution in [0.25, 0.3) is 78.3 Å². The highest BCUT2D eigenvalue weighted by Crippen LogP contribution is 2.65. The van der Waals surface area contributed by atoms with E-state index in [1.165, 1.54) is 38.9 Å². The molecular formula is C49H30N2O. The van der Waals surface area contributed by atoms with Crippen molar-refractivity contribution in [2.45, 2.75) is 5.41 Å². The van der Waals surface area contributed by atoms with Crippen LogP contribution in [0.2, 0.25) is 0 Å². The lowest BCUT2D eigenvalue weighted by atomic mass is 9.73. The predicted octanol–water partition coefficient (Wildman–Crippen LogP) is 12.2. The molecule has 52 heavy (non-hydrogen) atoms. The van der Waals surface area contributed by atoms with Crippen LogP contribution in [0.4, 0.5) is 0 Å². The summed E-state index contributed by atoms with van der Waals surface area (Å²) < 4.78 is 7.03. The van der Waals surface area contributed by atoms with E-state index in [4.69, 9.17) is 14.4 Å². The van der Waals surface area contributed by atoms with Crippen molar-refractivity contribution in [3.05, 3.63) is 204 Å². The molecule has 2 aliphatic rings. The van der Waals surface area contributed by atoms with Crippen LogP contribution in [0, 0.1) is 0 Å². The molecule has 3 nitrogen and oxygen atoms in total. The molecule has 0 unspecified atom stereocenters. The van der Waals surface area contributed by atoms with Crippen molar-refractivity contribution in [3.8, 4) is 67.3 Å². The number of fused-ring (bicyclic) bond motifs is 12. The fraction of sp³-hybridized carbons (Fsp3) is 0.0204. The van der Waals surface area contributed by atoms with E-state index in [0.717, 1.165) is 55.9 Å². The lowest BCUT2D eigenvalue weighted by Gasteiger charge is -2.28. The van der Waals surface area contributed by atoms with Crippen LogP contribution in [0.3, 0.4) is 0 Å². The lowest BCUT2D eigenvalue weighted by Crippen LogP contribution is -2.25. The molecule has 242 valence electrons. The molecule has 0 radical (unpaired) electrons. The van der Waals surface area contributed by atoms with Gasteiger partial charge >= 0.3 is 0 Å². The van der Waals surface area contributed by atoms with E-state index < -0.39 is 5.41 Å². The van der Waals surface area contributed by atoms with Crippen molar-refractivity contribution in [1.29, 1.82) is 0 Å². The Balaban J connectivity index is 1.19. The number of nitrogens with zero attached hydrogens (tertiary/aromatic N) is 2. The fourth-order valence-electron chi connectivity index (χ4n) is 8.71. The highest BCUT2D eigenvalue weighted by molar-refractivity contribution is 6.08. The summed E-state index contributed by atoms with van der Waals surface area (Å²) in [5.41, 5.74) is 15.9. The molecule has 7 aromatic carbocycles. The summed E-state index contributed by atoms with van der Waals surface area (Å²) >= 11 is 0. The Morgan fingerprint density at radius 1 is 0.385 bits per heavy atom. The summed E-state index contributed by atoms with van der Waals surface area (Å²) in [6, 6.07) is 64.4. The van der Waals surface area contributed by atoms with Gasteiger partial charge in [0.25, 0.3) is 0 Å². The number of para-hydroxylation sites is 1. The van der Waals surface area contributed by atoms with Gasteiger partial charge in [-0.15, -0.1) is 0 Å². The maximum atomic E-state index is 7.03. The highest BCUT2D eigenvalue weighted by atomic mass is 16.3. The molecule has 0 atom stereocenters. The molecule has 11 rings (SSSR count). The summed E-state index contributed by atoms with van der Waals surface area (Å²) in [7, 11) is 0. The van der Waals surface area contributed by atoms with Crippen molar-refractivity contribution >= 4 is 11.0 Å². The molecule has 9 aromatic rings. The zero-order valence-corrected chi connectivity index (χ0v) is 28.1. The van der Waals surface area contributed by atoms with Crippen LogP contribution in [-0.4, -0.2) is 9.97 Å². The highest BCUT2D eigenvalue weighted by Gasteiger charge is 2.55. The molecule has 1 spiro atoms. The zero-order valence-electron chi connectivity index (χ0n) is 28.1. The van der Waals surface area contributed by atoms with E-state index in [1.807, 2.05) is 12.1 Å². The first kappa shape index (κ1) is 28.9. The smallest absolute Gasteiger partial charge is 0.161 e. The van der Waals surface area contributed by atoms with Crippen molar-refractivity contribution in [2.75, 3.05) is 0 Å². The number of aromatic nitrogens is 2. The van der Waals surface area contributed by atoms with E-state index in [9.17, 15) is 0 Å². The molecule has 2 heterocycles. The minimum atomic E-state index is -0.611. The topological polar surface area (TPSA) is 38.9 Å².